The van der Waals surface area contributed by atoms with Gasteiger partial charge in [-0.1, -0.05) is 0 Å². The molecule has 0 bridgehead atoms. The highest BCUT2D eigenvalue weighted by Gasteiger charge is 2.26. The molecule has 1 aromatic heterocycles. The van der Waals surface area contributed by atoms with E-state index in [-0.39, 0.29) is 24.1 Å². The lowest BCUT2D eigenvalue weighted by Crippen LogP contribution is -2.33. The molecule has 0 unspecified atom stereocenters. The summed E-state index contributed by atoms with van der Waals surface area (Å²) >= 11 is 2.85. The number of carbonyl (C=O) groups excluding carboxylic acids is 2. The summed E-state index contributed by atoms with van der Waals surface area (Å²) in [6, 6.07) is 8.33. The van der Waals surface area contributed by atoms with E-state index in [2.05, 4.69) is 11.4 Å². The second kappa shape index (κ2) is 8.55. The second-order valence-corrected chi connectivity index (χ2v) is 8.38. The molecule has 1 aliphatic rings. The molecule has 0 atom stereocenters. The predicted octanol–water partition coefficient (Wildman–Crippen LogP) is 3.78. The number of amides is 2. The maximum atomic E-state index is 12.9. The van der Waals surface area contributed by atoms with Crippen molar-refractivity contribution in [3.05, 3.63) is 46.1 Å². The van der Waals surface area contributed by atoms with Gasteiger partial charge in [0.2, 0.25) is 11.8 Å². The fraction of sp³-hybridized carbons (Fsp3) is 0.316. The summed E-state index contributed by atoms with van der Waals surface area (Å²) < 4.78 is 12.9. The Balaban J connectivity index is 1.60. The number of anilines is 1. The zero-order chi connectivity index (χ0) is 19.4. The van der Waals surface area contributed by atoms with E-state index in [0.29, 0.717) is 35.8 Å². The fourth-order valence-electron chi connectivity index (χ4n) is 2.86. The number of hydrogen-bond acceptors (Lipinski definition) is 5. The van der Waals surface area contributed by atoms with E-state index in [1.54, 1.807) is 17.0 Å². The summed E-state index contributed by atoms with van der Waals surface area (Å²) in [5, 5.41) is 12.9. The molecule has 0 fully saturated rings. The van der Waals surface area contributed by atoms with Gasteiger partial charge >= 0.3 is 0 Å². The van der Waals surface area contributed by atoms with Gasteiger partial charge in [0, 0.05) is 35.4 Å². The van der Waals surface area contributed by atoms with Crippen LogP contribution in [0.1, 0.15) is 29.3 Å². The van der Waals surface area contributed by atoms with Crippen LogP contribution in [0.25, 0.3) is 0 Å². The SMILES string of the molecule is CC(=O)N1CCc2c(sc(NC(=O)CCSc3ccc(F)cc3)c2C#N)C1. The Hall–Kier alpha value is -2.37. The Morgan fingerprint density at radius 3 is 2.78 bits per heavy atom. The zero-order valence-corrected chi connectivity index (χ0v) is 16.4. The Bertz CT molecular complexity index is 903. The number of thiophene rings is 1. The number of thioether (sulfide) groups is 1. The van der Waals surface area contributed by atoms with Crippen LogP contribution in [0.15, 0.2) is 29.2 Å². The number of nitrogens with zero attached hydrogens (tertiary/aromatic N) is 2. The third-order valence-corrected chi connectivity index (χ3v) is 6.42. The average Bonchev–Trinajstić information content (AvgIpc) is 2.99. The van der Waals surface area contributed by atoms with Gasteiger partial charge in [0.25, 0.3) is 0 Å². The number of carbonyl (C=O) groups is 2. The normalized spacial score (nSPS) is 13.0. The monoisotopic (exact) mass is 403 g/mol. The van der Waals surface area contributed by atoms with E-state index in [1.165, 1.54) is 42.2 Å². The van der Waals surface area contributed by atoms with Crippen molar-refractivity contribution in [2.75, 3.05) is 17.6 Å². The minimum absolute atomic E-state index is 0.0101. The van der Waals surface area contributed by atoms with Gasteiger partial charge in [0.1, 0.15) is 16.9 Å². The van der Waals surface area contributed by atoms with E-state index >= 15 is 0 Å². The van der Waals surface area contributed by atoms with Crippen LogP contribution in [-0.2, 0) is 22.6 Å². The molecule has 2 amide bonds. The van der Waals surface area contributed by atoms with E-state index in [1.807, 2.05) is 0 Å². The van der Waals surface area contributed by atoms with Gasteiger partial charge in [0.05, 0.1) is 12.1 Å². The van der Waals surface area contributed by atoms with Crippen LogP contribution in [0.5, 0.6) is 0 Å². The van der Waals surface area contributed by atoms with Crippen molar-refractivity contribution in [1.82, 2.24) is 4.90 Å². The number of halogens is 1. The lowest BCUT2D eigenvalue weighted by Gasteiger charge is -2.25. The summed E-state index contributed by atoms with van der Waals surface area (Å²) in [4.78, 5) is 27.4. The zero-order valence-electron chi connectivity index (χ0n) is 14.8. The van der Waals surface area contributed by atoms with E-state index in [4.69, 9.17) is 0 Å². The topological polar surface area (TPSA) is 73.2 Å². The van der Waals surface area contributed by atoms with Gasteiger partial charge in [-0.15, -0.1) is 23.1 Å². The van der Waals surface area contributed by atoms with Crippen LogP contribution < -0.4 is 5.32 Å². The van der Waals surface area contributed by atoms with Gasteiger partial charge < -0.3 is 10.2 Å². The lowest BCUT2D eigenvalue weighted by molar-refractivity contribution is -0.129. The first-order valence-electron chi connectivity index (χ1n) is 8.46. The molecular formula is C19H18FN3O2S2. The average molecular weight is 404 g/mol. The summed E-state index contributed by atoms with van der Waals surface area (Å²) in [6.45, 7) is 2.61. The van der Waals surface area contributed by atoms with Crippen LogP contribution in [0, 0.1) is 17.1 Å². The first kappa shape index (κ1) is 19.4. The fourth-order valence-corrected chi connectivity index (χ4v) is 4.94. The van der Waals surface area contributed by atoms with Crippen LogP contribution in [0.3, 0.4) is 0 Å². The van der Waals surface area contributed by atoms with Crippen molar-refractivity contribution >= 4 is 39.9 Å². The molecule has 0 spiro atoms. The first-order valence-corrected chi connectivity index (χ1v) is 10.3. The molecule has 3 rings (SSSR count). The summed E-state index contributed by atoms with van der Waals surface area (Å²) in [7, 11) is 0. The lowest BCUT2D eigenvalue weighted by atomic mass is 10.0. The van der Waals surface area contributed by atoms with Crippen LogP contribution in [0.4, 0.5) is 9.39 Å². The standard InChI is InChI=1S/C19H18FN3O2S2/c1-12(24)23-8-6-15-16(10-21)19(27-17(15)11-23)22-18(25)7-9-26-14-4-2-13(20)3-5-14/h2-5H,6-9,11H2,1H3,(H,22,25). The van der Waals surface area contributed by atoms with Gasteiger partial charge in [-0.2, -0.15) is 5.26 Å². The highest BCUT2D eigenvalue weighted by atomic mass is 32.2. The summed E-state index contributed by atoms with van der Waals surface area (Å²) in [5.41, 5.74) is 1.45. The molecule has 140 valence electrons. The second-order valence-electron chi connectivity index (χ2n) is 6.11. The molecule has 8 heteroatoms. The van der Waals surface area contributed by atoms with E-state index in [9.17, 15) is 19.2 Å². The van der Waals surface area contributed by atoms with Crippen molar-refractivity contribution in [1.29, 1.82) is 5.26 Å². The Labute approximate surface area is 165 Å². The quantitative estimate of drug-likeness (QED) is 0.771. The molecule has 5 nitrogen and oxygen atoms in total. The van der Waals surface area contributed by atoms with E-state index in [0.717, 1.165) is 15.3 Å². The molecule has 27 heavy (non-hydrogen) atoms. The number of hydrogen-bond donors (Lipinski definition) is 1. The van der Waals surface area contributed by atoms with Crippen molar-refractivity contribution in [2.24, 2.45) is 0 Å². The van der Waals surface area contributed by atoms with Gasteiger partial charge in [-0.05, 0) is 36.2 Å². The van der Waals surface area contributed by atoms with Gasteiger partial charge in [-0.3, -0.25) is 9.59 Å². The van der Waals surface area contributed by atoms with E-state index < -0.39 is 0 Å². The summed E-state index contributed by atoms with van der Waals surface area (Å²) in [5.74, 6) is 0.118. The molecule has 0 aliphatic carbocycles. The Kier molecular flexibility index (Phi) is 6.14. The largest absolute Gasteiger partial charge is 0.337 e. The maximum absolute atomic E-state index is 12.9. The molecule has 0 saturated heterocycles. The van der Waals surface area contributed by atoms with Crippen LogP contribution >= 0.6 is 23.1 Å². The van der Waals surface area contributed by atoms with Crippen LogP contribution in [-0.4, -0.2) is 29.0 Å². The number of nitriles is 1. The molecule has 0 radical (unpaired) electrons. The number of rotatable bonds is 5. The molecule has 1 aromatic carbocycles. The predicted molar refractivity (Wildman–Crippen MR) is 104 cm³/mol. The Morgan fingerprint density at radius 1 is 1.37 bits per heavy atom. The first-order chi connectivity index (χ1) is 13.0. The third kappa shape index (κ3) is 4.67. The number of benzene rings is 1. The smallest absolute Gasteiger partial charge is 0.225 e. The molecule has 0 saturated carbocycles. The summed E-state index contributed by atoms with van der Waals surface area (Å²) in [6.07, 6.45) is 0.916. The van der Waals surface area contributed by atoms with Gasteiger partial charge in [0.15, 0.2) is 0 Å². The van der Waals surface area contributed by atoms with Gasteiger partial charge in [-0.25, -0.2) is 4.39 Å². The maximum Gasteiger partial charge on any atom is 0.225 e. The molecular weight excluding hydrogens is 385 g/mol. The minimum atomic E-state index is -0.286. The third-order valence-electron chi connectivity index (χ3n) is 4.28. The highest BCUT2D eigenvalue weighted by Crippen LogP contribution is 2.36. The Morgan fingerprint density at radius 2 is 2.11 bits per heavy atom. The van der Waals surface area contributed by atoms with Crippen molar-refractivity contribution in [2.45, 2.75) is 31.2 Å². The minimum Gasteiger partial charge on any atom is -0.337 e. The molecule has 2 heterocycles. The van der Waals surface area contributed by atoms with Crippen molar-refractivity contribution < 1.29 is 14.0 Å². The van der Waals surface area contributed by atoms with Crippen molar-refractivity contribution in [3.8, 4) is 6.07 Å². The highest BCUT2D eigenvalue weighted by molar-refractivity contribution is 7.99. The van der Waals surface area contributed by atoms with Crippen LogP contribution in [0.2, 0.25) is 0 Å². The molecule has 2 aromatic rings. The molecule has 1 N–H and O–H groups in total. The van der Waals surface area contributed by atoms with Crippen molar-refractivity contribution in [3.63, 3.8) is 0 Å². The molecule has 1 aliphatic heterocycles. The number of nitrogens with one attached hydrogen (secondary N) is 1. The number of fused-ring (bicyclic) bond motifs is 1.